The second-order valence-electron chi connectivity index (χ2n) is 3.99. The quantitative estimate of drug-likeness (QED) is 0.635. The van der Waals surface area contributed by atoms with E-state index in [2.05, 4.69) is 20.8 Å². The fourth-order valence-electron chi connectivity index (χ4n) is 1.87. The van der Waals surface area contributed by atoms with Gasteiger partial charge < -0.3 is 9.47 Å². The molecule has 0 saturated carbocycles. The molecule has 1 heterocycles. The Bertz CT molecular complexity index is 124. The Morgan fingerprint density at radius 2 is 2.00 bits per heavy atom. The van der Waals surface area contributed by atoms with Crippen LogP contribution >= 0.6 is 0 Å². The van der Waals surface area contributed by atoms with Gasteiger partial charge in [-0.15, -0.1) is 0 Å². The Labute approximate surface area is 75.2 Å². The summed E-state index contributed by atoms with van der Waals surface area (Å²) >= 11 is 0. The van der Waals surface area contributed by atoms with Gasteiger partial charge in [0.15, 0.2) is 0 Å². The summed E-state index contributed by atoms with van der Waals surface area (Å²) in [6.45, 7) is 7.45. The van der Waals surface area contributed by atoms with Crippen LogP contribution in [-0.2, 0) is 9.47 Å². The monoisotopic (exact) mass is 172 g/mol. The maximum absolute atomic E-state index is 5.78. The first-order valence-electron chi connectivity index (χ1n) is 4.79. The van der Waals surface area contributed by atoms with E-state index in [1.54, 1.807) is 7.11 Å². The fraction of sp³-hybridized carbons (Fsp3) is 1.00. The first-order valence-corrected chi connectivity index (χ1v) is 4.79. The van der Waals surface area contributed by atoms with Crippen molar-refractivity contribution < 1.29 is 9.47 Å². The van der Waals surface area contributed by atoms with E-state index in [1.807, 2.05) is 0 Å². The zero-order valence-electron chi connectivity index (χ0n) is 8.54. The Hall–Kier alpha value is -0.0800. The van der Waals surface area contributed by atoms with Crippen LogP contribution in [0.3, 0.4) is 0 Å². The molecule has 1 aliphatic rings. The summed E-state index contributed by atoms with van der Waals surface area (Å²) in [5, 5.41) is 0. The summed E-state index contributed by atoms with van der Waals surface area (Å²) in [5.74, 6) is 1.44. The zero-order chi connectivity index (χ0) is 9.14. The summed E-state index contributed by atoms with van der Waals surface area (Å²) < 4.78 is 10.9. The minimum absolute atomic E-state index is 0.316. The number of rotatable bonds is 2. The third-order valence-electron chi connectivity index (χ3n) is 3.03. The maximum atomic E-state index is 5.78. The topological polar surface area (TPSA) is 18.5 Å². The van der Waals surface area contributed by atoms with Crippen LogP contribution in [-0.4, -0.2) is 25.9 Å². The SMILES string of the molecule is COC[C@H]1C[C@@H](C)[C@@H](C)C(C)O1. The van der Waals surface area contributed by atoms with Crippen molar-refractivity contribution in [3.05, 3.63) is 0 Å². The lowest BCUT2D eigenvalue weighted by molar-refractivity contribution is -0.113. The van der Waals surface area contributed by atoms with Crippen LogP contribution in [0.15, 0.2) is 0 Å². The molecule has 4 atom stereocenters. The van der Waals surface area contributed by atoms with Crippen molar-refractivity contribution >= 4 is 0 Å². The molecule has 2 heteroatoms. The number of ether oxygens (including phenoxy) is 2. The lowest BCUT2D eigenvalue weighted by atomic mass is 9.84. The zero-order valence-corrected chi connectivity index (χ0v) is 8.54. The highest BCUT2D eigenvalue weighted by Gasteiger charge is 2.30. The average Bonchev–Trinajstić information content (AvgIpc) is 2.01. The van der Waals surface area contributed by atoms with Crippen molar-refractivity contribution in [2.45, 2.75) is 39.4 Å². The predicted molar refractivity (Wildman–Crippen MR) is 49.2 cm³/mol. The Morgan fingerprint density at radius 3 is 2.50 bits per heavy atom. The molecule has 1 unspecified atom stereocenters. The van der Waals surface area contributed by atoms with Gasteiger partial charge in [0.05, 0.1) is 18.8 Å². The Balaban J connectivity index is 2.42. The lowest BCUT2D eigenvalue weighted by Crippen LogP contribution is -2.39. The molecule has 0 N–H and O–H groups in total. The molecule has 12 heavy (non-hydrogen) atoms. The summed E-state index contributed by atoms with van der Waals surface area (Å²) in [6, 6.07) is 0. The molecular formula is C10H20O2. The van der Waals surface area contributed by atoms with Crippen LogP contribution in [0, 0.1) is 11.8 Å². The molecule has 0 spiro atoms. The molecule has 0 aromatic heterocycles. The predicted octanol–water partition coefficient (Wildman–Crippen LogP) is 2.08. The third kappa shape index (κ3) is 2.20. The molecule has 1 rings (SSSR count). The molecule has 2 nitrogen and oxygen atoms in total. The lowest BCUT2D eigenvalue weighted by Gasteiger charge is -2.37. The van der Waals surface area contributed by atoms with Crippen molar-refractivity contribution in [1.82, 2.24) is 0 Å². The molecule has 0 aromatic rings. The van der Waals surface area contributed by atoms with Gasteiger partial charge in [-0.3, -0.25) is 0 Å². The smallest absolute Gasteiger partial charge is 0.0814 e. The van der Waals surface area contributed by atoms with E-state index in [9.17, 15) is 0 Å². The van der Waals surface area contributed by atoms with E-state index >= 15 is 0 Å². The second kappa shape index (κ2) is 4.24. The van der Waals surface area contributed by atoms with E-state index in [4.69, 9.17) is 9.47 Å². The van der Waals surface area contributed by atoms with Gasteiger partial charge in [0.2, 0.25) is 0 Å². The van der Waals surface area contributed by atoms with E-state index in [0.29, 0.717) is 18.1 Å². The van der Waals surface area contributed by atoms with Crippen LogP contribution in [0.4, 0.5) is 0 Å². The van der Waals surface area contributed by atoms with E-state index in [0.717, 1.165) is 18.9 Å². The molecule has 0 radical (unpaired) electrons. The molecule has 0 aliphatic carbocycles. The van der Waals surface area contributed by atoms with Gasteiger partial charge in [-0.1, -0.05) is 13.8 Å². The van der Waals surface area contributed by atoms with E-state index < -0.39 is 0 Å². The van der Waals surface area contributed by atoms with Gasteiger partial charge >= 0.3 is 0 Å². The normalized spacial score (nSPS) is 43.0. The number of hydrogen-bond donors (Lipinski definition) is 0. The van der Waals surface area contributed by atoms with Gasteiger partial charge in [-0.25, -0.2) is 0 Å². The Morgan fingerprint density at radius 1 is 1.33 bits per heavy atom. The van der Waals surface area contributed by atoms with Gasteiger partial charge in [0, 0.05) is 7.11 Å². The third-order valence-corrected chi connectivity index (χ3v) is 3.03. The highest BCUT2D eigenvalue weighted by atomic mass is 16.5. The van der Waals surface area contributed by atoms with Gasteiger partial charge in [-0.2, -0.15) is 0 Å². The molecule has 1 fully saturated rings. The van der Waals surface area contributed by atoms with Gasteiger partial charge in [-0.05, 0) is 25.2 Å². The van der Waals surface area contributed by atoms with Crippen molar-refractivity contribution in [3.8, 4) is 0 Å². The van der Waals surface area contributed by atoms with Crippen LogP contribution in [0.2, 0.25) is 0 Å². The first-order chi connectivity index (χ1) is 5.65. The average molecular weight is 172 g/mol. The summed E-state index contributed by atoms with van der Waals surface area (Å²) in [4.78, 5) is 0. The van der Waals surface area contributed by atoms with Crippen molar-refractivity contribution in [2.24, 2.45) is 11.8 Å². The molecule has 1 aliphatic heterocycles. The Kier molecular flexibility index (Phi) is 3.53. The van der Waals surface area contributed by atoms with Crippen molar-refractivity contribution in [1.29, 1.82) is 0 Å². The minimum atomic E-state index is 0.316. The van der Waals surface area contributed by atoms with Crippen molar-refractivity contribution in [2.75, 3.05) is 13.7 Å². The van der Waals surface area contributed by atoms with Crippen LogP contribution in [0.1, 0.15) is 27.2 Å². The number of hydrogen-bond acceptors (Lipinski definition) is 2. The fourth-order valence-corrected chi connectivity index (χ4v) is 1.87. The summed E-state index contributed by atoms with van der Waals surface area (Å²) in [5.41, 5.74) is 0. The van der Waals surface area contributed by atoms with Gasteiger partial charge in [0.25, 0.3) is 0 Å². The van der Waals surface area contributed by atoms with Crippen molar-refractivity contribution in [3.63, 3.8) is 0 Å². The highest BCUT2D eigenvalue weighted by Crippen LogP contribution is 2.29. The van der Waals surface area contributed by atoms with E-state index in [1.165, 1.54) is 0 Å². The molecule has 0 bridgehead atoms. The van der Waals surface area contributed by atoms with Crippen LogP contribution < -0.4 is 0 Å². The molecular weight excluding hydrogens is 152 g/mol. The highest BCUT2D eigenvalue weighted by molar-refractivity contribution is 4.78. The standard InChI is InChI=1S/C10H20O2/c1-7-5-10(6-11-4)12-9(3)8(7)2/h7-10H,5-6H2,1-4H3/t7-,8-,9?,10-/m1/s1. The molecule has 1 saturated heterocycles. The second-order valence-corrected chi connectivity index (χ2v) is 3.99. The first kappa shape index (κ1) is 10.0. The minimum Gasteiger partial charge on any atom is -0.382 e. The van der Waals surface area contributed by atoms with Gasteiger partial charge in [0.1, 0.15) is 0 Å². The van der Waals surface area contributed by atoms with Crippen LogP contribution in [0.25, 0.3) is 0 Å². The molecule has 0 amide bonds. The maximum Gasteiger partial charge on any atom is 0.0814 e. The number of methoxy groups -OCH3 is 1. The largest absolute Gasteiger partial charge is 0.382 e. The molecule has 72 valence electrons. The summed E-state index contributed by atoms with van der Waals surface area (Å²) in [6.07, 6.45) is 1.84. The molecule has 0 aromatic carbocycles. The van der Waals surface area contributed by atoms with E-state index in [-0.39, 0.29) is 0 Å². The summed E-state index contributed by atoms with van der Waals surface area (Å²) in [7, 11) is 1.73. The van der Waals surface area contributed by atoms with Crippen LogP contribution in [0.5, 0.6) is 0 Å².